The van der Waals surface area contributed by atoms with Gasteiger partial charge in [-0.15, -0.1) is 0 Å². The first-order valence-corrected chi connectivity index (χ1v) is 11.7. The Morgan fingerprint density at radius 2 is 1.71 bits per heavy atom. The largest absolute Gasteiger partial charge is 0.484 e. The number of carbonyl (C=O) groups excluding carboxylic acids is 1. The Balaban J connectivity index is 1.23. The number of piperazine rings is 1. The zero-order valence-electron chi connectivity index (χ0n) is 19.9. The second-order valence-electron chi connectivity index (χ2n) is 8.71. The van der Waals surface area contributed by atoms with Crippen molar-refractivity contribution in [3.63, 3.8) is 0 Å². The van der Waals surface area contributed by atoms with Gasteiger partial charge in [0.15, 0.2) is 6.61 Å². The number of nitrogens with one attached hydrogen (secondary N) is 1. The van der Waals surface area contributed by atoms with Crippen molar-refractivity contribution in [3.05, 3.63) is 78.1 Å². The van der Waals surface area contributed by atoms with E-state index in [2.05, 4.69) is 38.1 Å². The number of anilines is 3. The lowest BCUT2D eigenvalue weighted by molar-refractivity contribution is -0.118. The summed E-state index contributed by atoms with van der Waals surface area (Å²) in [5.74, 6) is 2.22. The van der Waals surface area contributed by atoms with Gasteiger partial charge < -0.3 is 19.9 Å². The van der Waals surface area contributed by atoms with Crippen LogP contribution in [0, 0.1) is 13.8 Å². The number of amides is 1. The first kappa shape index (κ1) is 22.6. The third-order valence-electron chi connectivity index (χ3n) is 6.08. The van der Waals surface area contributed by atoms with Crippen LogP contribution in [0.4, 0.5) is 17.5 Å². The van der Waals surface area contributed by atoms with Crippen molar-refractivity contribution in [2.24, 2.45) is 0 Å². The molecule has 1 fully saturated rings. The van der Waals surface area contributed by atoms with Crippen LogP contribution in [-0.2, 0) is 4.79 Å². The van der Waals surface area contributed by atoms with Gasteiger partial charge in [-0.3, -0.25) is 4.79 Å². The molecule has 35 heavy (non-hydrogen) atoms. The van der Waals surface area contributed by atoms with Crippen LogP contribution in [0.1, 0.15) is 11.1 Å². The smallest absolute Gasteiger partial charge is 0.262 e. The highest BCUT2D eigenvalue weighted by Crippen LogP contribution is 2.26. The van der Waals surface area contributed by atoms with E-state index in [4.69, 9.17) is 9.72 Å². The highest BCUT2D eigenvalue weighted by molar-refractivity contribution is 5.95. The summed E-state index contributed by atoms with van der Waals surface area (Å²) in [7, 11) is 0. The highest BCUT2D eigenvalue weighted by Gasteiger charge is 2.20. The molecule has 2 aromatic heterocycles. The van der Waals surface area contributed by atoms with Gasteiger partial charge in [0.2, 0.25) is 5.95 Å². The van der Waals surface area contributed by atoms with Gasteiger partial charge in [-0.1, -0.05) is 12.1 Å². The average molecular weight is 469 g/mol. The summed E-state index contributed by atoms with van der Waals surface area (Å²) < 4.78 is 5.61. The van der Waals surface area contributed by atoms with Crippen molar-refractivity contribution in [2.45, 2.75) is 13.8 Å². The molecule has 0 aliphatic carbocycles. The number of aromatic nitrogens is 3. The van der Waals surface area contributed by atoms with Gasteiger partial charge in [-0.25, -0.2) is 15.0 Å². The lowest BCUT2D eigenvalue weighted by Gasteiger charge is -2.35. The maximum Gasteiger partial charge on any atom is 0.262 e. The summed E-state index contributed by atoms with van der Waals surface area (Å²) in [6.45, 7) is 7.42. The summed E-state index contributed by atoms with van der Waals surface area (Å²) in [6.07, 6.45) is 3.55. The third kappa shape index (κ3) is 5.32. The van der Waals surface area contributed by atoms with E-state index < -0.39 is 0 Å². The van der Waals surface area contributed by atoms with Crippen molar-refractivity contribution in [2.75, 3.05) is 47.9 Å². The minimum Gasteiger partial charge on any atom is -0.484 e. The molecule has 1 amide bonds. The Morgan fingerprint density at radius 3 is 2.49 bits per heavy atom. The zero-order chi connectivity index (χ0) is 24.2. The van der Waals surface area contributed by atoms with Crippen molar-refractivity contribution in [3.8, 4) is 5.75 Å². The molecule has 0 saturated carbocycles. The van der Waals surface area contributed by atoms with E-state index in [1.54, 1.807) is 12.4 Å². The Bertz CT molecular complexity index is 1340. The lowest BCUT2D eigenvalue weighted by Crippen LogP contribution is -2.47. The van der Waals surface area contributed by atoms with Crippen LogP contribution in [0.3, 0.4) is 0 Å². The molecule has 0 bridgehead atoms. The summed E-state index contributed by atoms with van der Waals surface area (Å²) in [4.78, 5) is 30.5. The summed E-state index contributed by atoms with van der Waals surface area (Å²) >= 11 is 0. The number of rotatable bonds is 6. The van der Waals surface area contributed by atoms with Crippen LogP contribution < -0.4 is 19.9 Å². The maximum atomic E-state index is 12.4. The number of carbonyl (C=O) groups is 1. The number of benzene rings is 2. The predicted octanol–water partition coefficient (Wildman–Crippen LogP) is 3.99. The molecule has 4 aromatic rings. The minimum atomic E-state index is -0.201. The van der Waals surface area contributed by atoms with Crippen LogP contribution in [-0.4, -0.2) is 53.6 Å². The highest BCUT2D eigenvalue weighted by atomic mass is 16.5. The molecule has 178 valence electrons. The topological polar surface area (TPSA) is 83.5 Å². The van der Waals surface area contributed by atoms with Crippen LogP contribution in [0.2, 0.25) is 0 Å². The molecule has 2 aromatic carbocycles. The van der Waals surface area contributed by atoms with E-state index in [1.807, 2.05) is 55.5 Å². The minimum absolute atomic E-state index is 0.0440. The standard InChI is InChI=1S/C27H28N6O2/c1-19-5-3-6-22(15-19)35-18-26(34)30-21-7-8-24-23(17-21)20(2)16-25(31-24)32-11-13-33(14-12-32)27-28-9-4-10-29-27/h3-10,15-17H,11-14,18H2,1-2H3,(H,30,34). The molecule has 1 aliphatic heterocycles. The molecule has 8 heteroatoms. The van der Waals surface area contributed by atoms with E-state index in [9.17, 15) is 4.79 Å². The number of fused-ring (bicyclic) bond motifs is 1. The summed E-state index contributed by atoms with van der Waals surface area (Å²) in [5.41, 5.74) is 3.84. The quantitative estimate of drug-likeness (QED) is 0.458. The van der Waals surface area contributed by atoms with Crippen molar-refractivity contribution in [1.82, 2.24) is 15.0 Å². The fourth-order valence-electron chi connectivity index (χ4n) is 4.26. The van der Waals surface area contributed by atoms with Gasteiger partial charge in [0, 0.05) is 49.6 Å². The molecule has 0 radical (unpaired) electrons. The van der Waals surface area contributed by atoms with Gasteiger partial charge in [0.1, 0.15) is 11.6 Å². The van der Waals surface area contributed by atoms with Crippen molar-refractivity contribution < 1.29 is 9.53 Å². The molecular formula is C27H28N6O2. The predicted molar refractivity (Wildman–Crippen MR) is 138 cm³/mol. The van der Waals surface area contributed by atoms with Crippen LogP contribution in [0.5, 0.6) is 5.75 Å². The molecular weight excluding hydrogens is 440 g/mol. The normalized spacial score (nSPS) is 13.7. The molecule has 3 heterocycles. The van der Waals surface area contributed by atoms with Crippen molar-refractivity contribution >= 4 is 34.3 Å². The Labute approximate surface area is 204 Å². The van der Waals surface area contributed by atoms with Crippen LogP contribution in [0.15, 0.2) is 67.0 Å². The average Bonchev–Trinajstić information content (AvgIpc) is 2.88. The monoisotopic (exact) mass is 468 g/mol. The molecule has 1 aliphatic rings. The molecule has 1 saturated heterocycles. The second-order valence-corrected chi connectivity index (χ2v) is 8.71. The molecule has 0 spiro atoms. The van der Waals surface area contributed by atoms with E-state index in [1.165, 1.54) is 0 Å². The van der Waals surface area contributed by atoms with Gasteiger partial charge in [0.05, 0.1) is 5.52 Å². The molecule has 0 atom stereocenters. The molecule has 5 rings (SSSR count). The van der Waals surface area contributed by atoms with Crippen LogP contribution >= 0.6 is 0 Å². The third-order valence-corrected chi connectivity index (χ3v) is 6.08. The van der Waals surface area contributed by atoms with E-state index in [0.29, 0.717) is 5.75 Å². The van der Waals surface area contributed by atoms with E-state index in [-0.39, 0.29) is 12.5 Å². The number of aryl methyl sites for hydroxylation is 2. The molecule has 1 N–H and O–H groups in total. The first-order valence-electron chi connectivity index (χ1n) is 11.7. The van der Waals surface area contributed by atoms with Gasteiger partial charge in [-0.05, 0) is 67.4 Å². The fourth-order valence-corrected chi connectivity index (χ4v) is 4.26. The number of ether oxygens (including phenoxy) is 1. The second kappa shape index (κ2) is 9.97. The van der Waals surface area contributed by atoms with E-state index in [0.717, 1.165) is 65.7 Å². The van der Waals surface area contributed by atoms with Crippen LogP contribution in [0.25, 0.3) is 10.9 Å². The summed E-state index contributed by atoms with van der Waals surface area (Å²) in [6, 6.07) is 17.4. The molecule has 8 nitrogen and oxygen atoms in total. The SMILES string of the molecule is Cc1cccc(OCC(=O)Nc2ccc3nc(N4CCN(c5ncccn5)CC4)cc(C)c3c2)c1. The van der Waals surface area contributed by atoms with Crippen molar-refractivity contribution in [1.29, 1.82) is 0 Å². The zero-order valence-corrected chi connectivity index (χ0v) is 19.9. The first-order chi connectivity index (χ1) is 17.0. The lowest BCUT2D eigenvalue weighted by atomic mass is 10.1. The van der Waals surface area contributed by atoms with Gasteiger partial charge in [0.25, 0.3) is 5.91 Å². The number of hydrogen-bond donors (Lipinski definition) is 1. The Kier molecular flexibility index (Phi) is 6.43. The number of pyridine rings is 1. The number of nitrogens with zero attached hydrogens (tertiary/aromatic N) is 5. The maximum absolute atomic E-state index is 12.4. The van der Waals surface area contributed by atoms with Gasteiger partial charge in [-0.2, -0.15) is 0 Å². The fraction of sp³-hybridized carbons (Fsp3) is 0.259. The van der Waals surface area contributed by atoms with E-state index >= 15 is 0 Å². The molecule has 0 unspecified atom stereocenters. The summed E-state index contributed by atoms with van der Waals surface area (Å²) in [5, 5.41) is 3.94. The Morgan fingerprint density at radius 1 is 0.943 bits per heavy atom. The Hall–Kier alpha value is -4.20. The number of hydrogen-bond acceptors (Lipinski definition) is 7. The van der Waals surface area contributed by atoms with Gasteiger partial charge >= 0.3 is 0 Å².